The van der Waals surface area contributed by atoms with Crippen LogP contribution in [0.15, 0.2) is 60.8 Å². The summed E-state index contributed by atoms with van der Waals surface area (Å²) in [5.41, 5.74) is 7.70. The van der Waals surface area contributed by atoms with Crippen LogP contribution in [0.1, 0.15) is 17.3 Å². The van der Waals surface area contributed by atoms with E-state index in [0.717, 1.165) is 5.39 Å². The van der Waals surface area contributed by atoms with Gasteiger partial charge in [0.05, 0.1) is 23.4 Å². The van der Waals surface area contributed by atoms with E-state index in [1.807, 2.05) is 25.1 Å². The number of aromatic nitrogens is 3. The Labute approximate surface area is 172 Å². The zero-order valence-corrected chi connectivity index (χ0v) is 16.2. The molecule has 0 spiro atoms. The second kappa shape index (κ2) is 8.04. The molecule has 0 fully saturated rings. The van der Waals surface area contributed by atoms with Gasteiger partial charge in [0.25, 0.3) is 5.91 Å². The third kappa shape index (κ3) is 3.83. The van der Waals surface area contributed by atoms with Crippen molar-refractivity contribution in [2.24, 2.45) is 5.73 Å². The number of rotatable bonds is 6. The Morgan fingerprint density at radius 2 is 1.97 bits per heavy atom. The van der Waals surface area contributed by atoms with E-state index in [-0.39, 0.29) is 5.88 Å². The van der Waals surface area contributed by atoms with Crippen molar-refractivity contribution in [2.45, 2.75) is 6.92 Å². The van der Waals surface area contributed by atoms with Gasteiger partial charge in [0.1, 0.15) is 11.6 Å². The molecule has 4 N–H and O–H groups in total. The third-order valence-corrected chi connectivity index (χ3v) is 4.43. The molecule has 0 aliphatic rings. The van der Waals surface area contributed by atoms with Gasteiger partial charge in [-0.25, -0.2) is 15.0 Å². The zero-order valence-electron chi connectivity index (χ0n) is 16.2. The predicted octanol–water partition coefficient (Wildman–Crippen LogP) is 3.64. The lowest BCUT2D eigenvalue weighted by Gasteiger charge is -2.14. The van der Waals surface area contributed by atoms with E-state index in [1.165, 1.54) is 12.3 Å². The molecule has 2 aromatic heterocycles. The van der Waals surface area contributed by atoms with Crippen LogP contribution >= 0.6 is 0 Å². The molecule has 8 heteroatoms. The van der Waals surface area contributed by atoms with Crippen LogP contribution in [-0.4, -0.2) is 32.6 Å². The molecule has 0 bridgehead atoms. The Balaban J connectivity index is 1.89. The first-order chi connectivity index (χ1) is 14.5. The van der Waals surface area contributed by atoms with Crippen molar-refractivity contribution in [3.05, 3.63) is 66.4 Å². The quantitative estimate of drug-likeness (QED) is 0.451. The van der Waals surface area contributed by atoms with Crippen molar-refractivity contribution in [1.82, 2.24) is 15.0 Å². The van der Waals surface area contributed by atoms with Crippen molar-refractivity contribution in [3.63, 3.8) is 0 Å². The molecule has 1 amide bonds. The Hall–Kier alpha value is -4.20. The molecule has 2 heterocycles. The summed E-state index contributed by atoms with van der Waals surface area (Å²) in [7, 11) is 0. The molecule has 4 rings (SSSR count). The highest BCUT2D eigenvalue weighted by Gasteiger charge is 2.14. The summed E-state index contributed by atoms with van der Waals surface area (Å²) in [5, 5.41) is 13.4. The minimum absolute atomic E-state index is 0.0883. The minimum Gasteiger partial charge on any atom is -0.494 e. The molecule has 0 saturated carbocycles. The van der Waals surface area contributed by atoms with Gasteiger partial charge in [-0.1, -0.05) is 12.1 Å². The molecule has 30 heavy (non-hydrogen) atoms. The Kier molecular flexibility index (Phi) is 5.13. The number of benzene rings is 2. The van der Waals surface area contributed by atoms with Crippen LogP contribution < -0.4 is 15.8 Å². The normalized spacial score (nSPS) is 10.7. The van der Waals surface area contributed by atoms with Crippen LogP contribution in [0.2, 0.25) is 0 Å². The van der Waals surface area contributed by atoms with Crippen LogP contribution in [-0.2, 0) is 0 Å². The van der Waals surface area contributed by atoms with Crippen molar-refractivity contribution in [1.29, 1.82) is 0 Å². The van der Waals surface area contributed by atoms with Crippen molar-refractivity contribution in [2.75, 3.05) is 11.9 Å². The maximum absolute atomic E-state index is 11.8. The van der Waals surface area contributed by atoms with E-state index in [9.17, 15) is 9.90 Å². The minimum atomic E-state index is -0.547. The van der Waals surface area contributed by atoms with Crippen LogP contribution in [0, 0.1) is 0 Å². The van der Waals surface area contributed by atoms with Gasteiger partial charge < -0.3 is 20.9 Å². The number of carbonyl (C=O) groups is 1. The number of anilines is 2. The van der Waals surface area contributed by atoms with E-state index in [4.69, 9.17) is 10.5 Å². The van der Waals surface area contributed by atoms with Crippen LogP contribution in [0.25, 0.3) is 22.3 Å². The van der Waals surface area contributed by atoms with Gasteiger partial charge in [0, 0.05) is 23.2 Å². The van der Waals surface area contributed by atoms with E-state index in [1.54, 1.807) is 30.3 Å². The highest BCUT2D eigenvalue weighted by Crippen LogP contribution is 2.31. The van der Waals surface area contributed by atoms with Crippen LogP contribution in [0.5, 0.6) is 11.6 Å². The monoisotopic (exact) mass is 401 g/mol. The molecule has 4 aromatic rings. The lowest BCUT2D eigenvalue weighted by atomic mass is 10.1. The number of amides is 1. The fourth-order valence-electron chi connectivity index (χ4n) is 3.04. The number of carbonyl (C=O) groups excluding carboxylic acids is 1. The van der Waals surface area contributed by atoms with Crippen LogP contribution in [0.4, 0.5) is 11.5 Å². The first-order valence-electron chi connectivity index (χ1n) is 9.31. The number of nitrogens with zero attached hydrogens (tertiary/aromatic N) is 3. The molecular formula is C22H19N5O3. The van der Waals surface area contributed by atoms with Crippen molar-refractivity contribution >= 4 is 28.3 Å². The standard InChI is InChI=1S/C22H19N5O3/c1-2-30-14-8-9-18-16(11-14)22(26-17-6-4-3-5-15(17)20(23)29)27-21(25-18)13-7-10-19(28)24-12-13/h3-12H,2H2,1H3,(H2,23,29)(H,24,28)(H,25,26,27). The van der Waals surface area contributed by atoms with Gasteiger partial charge in [-0.05, 0) is 43.3 Å². The lowest BCUT2D eigenvalue weighted by Crippen LogP contribution is -2.13. The maximum Gasteiger partial charge on any atom is 0.250 e. The summed E-state index contributed by atoms with van der Waals surface area (Å²) in [6, 6.07) is 15.6. The molecule has 0 radical (unpaired) electrons. The average molecular weight is 401 g/mol. The third-order valence-electron chi connectivity index (χ3n) is 4.43. The number of primary amides is 1. The SMILES string of the molecule is CCOc1ccc2nc(-c3ccc(O)nc3)nc(Nc3ccccc3C(N)=O)c2c1. The summed E-state index contributed by atoms with van der Waals surface area (Å²) >= 11 is 0. The smallest absolute Gasteiger partial charge is 0.250 e. The fraction of sp³-hybridized carbons (Fsp3) is 0.0909. The predicted molar refractivity (Wildman–Crippen MR) is 114 cm³/mol. The number of ether oxygens (including phenoxy) is 1. The van der Waals surface area contributed by atoms with E-state index in [2.05, 4.69) is 20.3 Å². The zero-order chi connectivity index (χ0) is 21.1. The van der Waals surface area contributed by atoms with Gasteiger partial charge in [-0.3, -0.25) is 4.79 Å². The fourth-order valence-corrected chi connectivity index (χ4v) is 3.04. The van der Waals surface area contributed by atoms with Gasteiger partial charge in [-0.15, -0.1) is 0 Å². The van der Waals surface area contributed by atoms with Gasteiger partial charge in [-0.2, -0.15) is 0 Å². The Morgan fingerprint density at radius 3 is 2.70 bits per heavy atom. The number of hydrogen-bond acceptors (Lipinski definition) is 7. The number of fused-ring (bicyclic) bond motifs is 1. The molecule has 0 saturated heterocycles. The summed E-state index contributed by atoms with van der Waals surface area (Å²) < 4.78 is 5.61. The average Bonchev–Trinajstić information content (AvgIpc) is 2.75. The molecular weight excluding hydrogens is 382 g/mol. The molecule has 8 nitrogen and oxygen atoms in total. The summed E-state index contributed by atoms with van der Waals surface area (Å²) in [6.45, 7) is 2.43. The molecule has 0 aliphatic heterocycles. The topological polar surface area (TPSA) is 123 Å². The Morgan fingerprint density at radius 1 is 1.13 bits per heavy atom. The number of nitrogens with one attached hydrogen (secondary N) is 1. The first kappa shape index (κ1) is 19.1. The van der Waals surface area contributed by atoms with Crippen LogP contribution in [0.3, 0.4) is 0 Å². The number of aromatic hydroxyl groups is 1. The number of nitrogens with two attached hydrogens (primary N) is 1. The van der Waals surface area contributed by atoms with Crippen molar-refractivity contribution in [3.8, 4) is 23.0 Å². The van der Waals surface area contributed by atoms with E-state index >= 15 is 0 Å². The number of pyridine rings is 1. The highest BCUT2D eigenvalue weighted by molar-refractivity contribution is 6.01. The number of hydrogen-bond donors (Lipinski definition) is 3. The van der Waals surface area contributed by atoms with Gasteiger partial charge in [0.15, 0.2) is 5.82 Å². The second-order valence-electron chi connectivity index (χ2n) is 6.45. The largest absolute Gasteiger partial charge is 0.494 e. The molecule has 150 valence electrons. The molecule has 0 atom stereocenters. The maximum atomic E-state index is 11.8. The van der Waals surface area contributed by atoms with E-state index in [0.29, 0.717) is 46.3 Å². The second-order valence-corrected chi connectivity index (χ2v) is 6.45. The number of para-hydroxylation sites is 1. The molecule has 0 unspecified atom stereocenters. The summed E-state index contributed by atoms with van der Waals surface area (Å²) in [5.74, 6) is 0.944. The van der Waals surface area contributed by atoms with Gasteiger partial charge >= 0.3 is 0 Å². The van der Waals surface area contributed by atoms with E-state index < -0.39 is 5.91 Å². The summed E-state index contributed by atoms with van der Waals surface area (Å²) in [4.78, 5) is 25.0. The lowest BCUT2D eigenvalue weighted by molar-refractivity contribution is 0.100. The Bertz CT molecular complexity index is 1230. The first-order valence-corrected chi connectivity index (χ1v) is 9.31. The van der Waals surface area contributed by atoms with Crippen molar-refractivity contribution < 1.29 is 14.6 Å². The highest BCUT2D eigenvalue weighted by atomic mass is 16.5. The summed E-state index contributed by atoms with van der Waals surface area (Å²) in [6.07, 6.45) is 1.49. The van der Waals surface area contributed by atoms with Gasteiger partial charge in [0.2, 0.25) is 5.88 Å². The molecule has 0 aliphatic carbocycles. The molecule has 2 aromatic carbocycles.